The molecule has 1 aliphatic rings. The molecule has 0 spiro atoms. The summed E-state index contributed by atoms with van der Waals surface area (Å²) in [6, 6.07) is 0.487. The van der Waals surface area contributed by atoms with Crippen molar-refractivity contribution in [2.75, 3.05) is 0 Å². The fraction of sp³-hybridized carbons (Fsp3) is 0.700. The van der Waals surface area contributed by atoms with Gasteiger partial charge in [0, 0.05) is 30.9 Å². The van der Waals surface area contributed by atoms with E-state index in [-0.39, 0.29) is 0 Å². The first-order valence-corrected chi connectivity index (χ1v) is 5.05. The number of hydrogen-bond donors (Lipinski definition) is 1. The molecule has 0 saturated carbocycles. The second-order valence-corrected chi connectivity index (χ2v) is 3.28. The third-order valence-electron chi connectivity index (χ3n) is 2.03. The van der Waals surface area contributed by atoms with Gasteiger partial charge in [-0.15, -0.1) is 0 Å². The fourth-order valence-electron chi connectivity index (χ4n) is 1.34. The number of nitrogens with one attached hydrogen (secondary N) is 1. The van der Waals surface area contributed by atoms with Gasteiger partial charge in [0.15, 0.2) is 0 Å². The van der Waals surface area contributed by atoms with Crippen LogP contribution in [0.1, 0.15) is 45.0 Å². The average Bonchev–Trinajstić information content (AvgIpc) is 2.65. The van der Waals surface area contributed by atoms with Crippen LogP contribution in [0.4, 0.5) is 0 Å². The van der Waals surface area contributed by atoms with Gasteiger partial charge in [-0.25, -0.2) is 0 Å². The second kappa shape index (κ2) is 4.42. The third kappa shape index (κ3) is 2.10. The molecule has 0 saturated heterocycles. The van der Waals surface area contributed by atoms with E-state index in [1.165, 1.54) is 11.3 Å². The van der Waals surface area contributed by atoms with Gasteiger partial charge in [0.05, 0.1) is 5.69 Å². The summed E-state index contributed by atoms with van der Waals surface area (Å²) in [5, 5.41) is 7.70. The van der Waals surface area contributed by atoms with Crippen molar-refractivity contribution in [2.24, 2.45) is 0 Å². The van der Waals surface area contributed by atoms with E-state index in [0.29, 0.717) is 6.04 Å². The highest BCUT2D eigenvalue weighted by Gasteiger charge is 2.14. The van der Waals surface area contributed by atoms with Gasteiger partial charge in [0.25, 0.3) is 0 Å². The normalized spacial score (nSPS) is 13.9. The Morgan fingerprint density at radius 1 is 1.38 bits per heavy atom. The summed E-state index contributed by atoms with van der Waals surface area (Å²) in [6.07, 6.45) is 2.14. The van der Waals surface area contributed by atoms with Crippen LogP contribution in [-0.2, 0) is 13.1 Å². The van der Waals surface area contributed by atoms with Gasteiger partial charge in [-0.1, -0.05) is 13.8 Å². The first kappa shape index (κ1) is 10.3. The quantitative estimate of drug-likeness (QED) is 0.719. The largest absolute Gasteiger partial charge is 0.307 e. The lowest BCUT2D eigenvalue weighted by Crippen LogP contribution is -2.07. The lowest BCUT2D eigenvalue weighted by Gasteiger charge is -2.04. The standard InChI is InChI=1S/C8H13N3.C2H6/c1-6(2)11-5-7-3-9-4-8(7)10-11;1-2/h5-6,9H,3-4H2,1-2H3;1-2H3. The van der Waals surface area contributed by atoms with Crippen molar-refractivity contribution in [3.8, 4) is 0 Å². The molecule has 2 heterocycles. The van der Waals surface area contributed by atoms with E-state index in [4.69, 9.17) is 0 Å². The molecule has 2 rings (SSSR count). The molecular weight excluding hydrogens is 162 g/mol. The molecule has 0 radical (unpaired) electrons. The zero-order valence-electron chi connectivity index (χ0n) is 8.96. The van der Waals surface area contributed by atoms with Crippen molar-refractivity contribution in [3.63, 3.8) is 0 Å². The highest BCUT2D eigenvalue weighted by molar-refractivity contribution is 5.20. The highest BCUT2D eigenvalue weighted by atomic mass is 15.3. The summed E-state index contributed by atoms with van der Waals surface area (Å²) in [7, 11) is 0. The van der Waals surface area contributed by atoms with Gasteiger partial charge in [0.1, 0.15) is 0 Å². The molecule has 13 heavy (non-hydrogen) atoms. The minimum absolute atomic E-state index is 0.487. The van der Waals surface area contributed by atoms with Crippen LogP contribution in [0, 0.1) is 0 Å². The Labute approximate surface area is 80.1 Å². The van der Waals surface area contributed by atoms with E-state index in [0.717, 1.165) is 13.1 Å². The summed E-state index contributed by atoms with van der Waals surface area (Å²) >= 11 is 0. The molecule has 3 heteroatoms. The predicted molar refractivity (Wildman–Crippen MR) is 54.5 cm³/mol. The van der Waals surface area contributed by atoms with Gasteiger partial charge < -0.3 is 5.32 Å². The molecular formula is C10H19N3. The van der Waals surface area contributed by atoms with E-state index < -0.39 is 0 Å². The molecule has 74 valence electrons. The molecule has 0 aromatic carbocycles. The minimum Gasteiger partial charge on any atom is -0.307 e. The van der Waals surface area contributed by atoms with Crippen molar-refractivity contribution in [2.45, 2.75) is 46.8 Å². The van der Waals surface area contributed by atoms with Crippen LogP contribution in [-0.4, -0.2) is 9.78 Å². The topological polar surface area (TPSA) is 29.9 Å². The second-order valence-electron chi connectivity index (χ2n) is 3.28. The Morgan fingerprint density at radius 2 is 2.08 bits per heavy atom. The Balaban J connectivity index is 0.000000396. The first-order chi connectivity index (χ1) is 6.27. The van der Waals surface area contributed by atoms with Crippen molar-refractivity contribution < 1.29 is 0 Å². The zero-order valence-corrected chi connectivity index (χ0v) is 8.96. The van der Waals surface area contributed by atoms with Crippen molar-refractivity contribution in [3.05, 3.63) is 17.5 Å². The van der Waals surface area contributed by atoms with Crippen LogP contribution >= 0.6 is 0 Å². The van der Waals surface area contributed by atoms with Crippen LogP contribution < -0.4 is 5.32 Å². The summed E-state index contributed by atoms with van der Waals surface area (Å²) < 4.78 is 2.03. The number of aromatic nitrogens is 2. The highest BCUT2D eigenvalue weighted by Crippen LogP contribution is 2.15. The zero-order chi connectivity index (χ0) is 9.84. The maximum absolute atomic E-state index is 4.44. The van der Waals surface area contributed by atoms with Crippen LogP contribution in [0.3, 0.4) is 0 Å². The molecule has 3 nitrogen and oxygen atoms in total. The van der Waals surface area contributed by atoms with Gasteiger partial charge in [-0.2, -0.15) is 5.10 Å². The Kier molecular flexibility index (Phi) is 3.48. The number of fused-ring (bicyclic) bond motifs is 1. The first-order valence-electron chi connectivity index (χ1n) is 5.05. The molecule has 1 aromatic rings. The molecule has 0 amide bonds. The van der Waals surface area contributed by atoms with Crippen LogP contribution in [0.25, 0.3) is 0 Å². The van der Waals surface area contributed by atoms with Crippen LogP contribution in [0.5, 0.6) is 0 Å². The van der Waals surface area contributed by atoms with Crippen LogP contribution in [0.2, 0.25) is 0 Å². The molecule has 0 bridgehead atoms. The third-order valence-corrected chi connectivity index (χ3v) is 2.03. The smallest absolute Gasteiger partial charge is 0.0807 e. The van der Waals surface area contributed by atoms with Crippen molar-refractivity contribution in [1.82, 2.24) is 15.1 Å². The Morgan fingerprint density at radius 3 is 2.62 bits per heavy atom. The summed E-state index contributed by atoms with van der Waals surface area (Å²) in [4.78, 5) is 0. The SMILES string of the molecule is CC.CC(C)n1cc2c(n1)CNC2. The molecule has 0 fully saturated rings. The molecule has 0 unspecified atom stereocenters. The van der Waals surface area contributed by atoms with Crippen molar-refractivity contribution in [1.29, 1.82) is 0 Å². The monoisotopic (exact) mass is 181 g/mol. The van der Waals surface area contributed by atoms with E-state index >= 15 is 0 Å². The van der Waals surface area contributed by atoms with E-state index in [2.05, 4.69) is 30.5 Å². The van der Waals surface area contributed by atoms with Crippen molar-refractivity contribution >= 4 is 0 Å². The summed E-state index contributed by atoms with van der Waals surface area (Å²) in [5.74, 6) is 0. The van der Waals surface area contributed by atoms with E-state index in [1.54, 1.807) is 0 Å². The maximum Gasteiger partial charge on any atom is 0.0807 e. The molecule has 1 aromatic heterocycles. The van der Waals surface area contributed by atoms with E-state index in [9.17, 15) is 0 Å². The Bertz CT molecular complexity index is 242. The number of rotatable bonds is 1. The molecule has 1 aliphatic heterocycles. The molecule has 0 aliphatic carbocycles. The molecule has 0 atom stereocenters. The fourth-order valence-corrected chi connectivity index (χ4v) is 1.34. The van der Waals surface area contributed by atoms with Gasteiger partial charge >= 0.3 is 0 Å². The summed E-state index contributed by atoms with van der Waals surface area (Å²) in [5.41, 5.74) is 2.58. The van der Waals surface area contributed by atoms with Gasteiger partial charge in [-0.3, -0.25) is 4.68 Å². The number of nitrogens with zero attached hydrogens (tertiary/aromatic N) is 2. The Hall–Kier alpha value is -0.830. The van der Waals surface area contributed by atoms with Gasteiger partial charge in [0.2, 0.25) is 0 Å². The van der Waals surface area contributed by atoms with Gasteiger partial charge in [-0.05, 0) is 13.8 Å². The van der Waals surface area contributed by atoms with Crippen LogP contribution in [0.15, 0.2) is 6.20 Å². The average molecular weight is 181 g/mol. The number of hydrogen-bond acceptors (Lipinski definition) is 2. The maximum atomic E-state index is 4.44. The lowest BCUT2D eigenvalue weighted by atomic mass is 10.3. The lowest BCUT2D eigenvalue weighted by molar-refractivity contribution is 0.520. The minimum atomic E-state index is 0.487. The van der Waals surface area contributed by atoms with E-state index in [1.807, 2.05) is 18.5 Å². The summed E-state index contributed by atoms with van der Waals surface area (Å²) in [6.45, 7) is 10.2. The predicted octanol–water partition coefficient (Wildman–Crippen LogP) is 2.09. The molecule has 1 N–H and O–H groups in total.